The van der Waals surface area contributed by atoms with E-state index in [0.29, 0.717) is 24.4 Å². The molecule has 1 amide bonds. The van der Waals surface area contributed by atoms with Crippen LogP contribution in [0.2, 0.25) is 0 Å². The van der Waals surface area contributed by atoms with Gasteiger partial charge in [0.05, 0.1) is 11.7 Å². The highest BCUT2D eigenvalue weighted by atomic mass is 16.5. The molecule has 1 saturated heterocycles. The summed E-state index contributed by atoms with van der Waals surface area (Å²) in [5.74, 6) is 0.0851. The minimum atomic E-state index is -0.201. The van der Waals surface area contributed by atoms with Crippen LogP contribution in [0.15, 0.2) is 47.3 Å². The predicted molar refractivity (Wildman–Crippen MR) is 87.4 cm³/mol. The molecule has 0 aliphatic carbocycles. The molecule has 1 fully saturated rings. The fraction of sp³-hybridized carbons (Fsp3) is 0.333. The van der Waals surface area contributed by atoms with E-state index < -0.39 is 0 Å². The molecule has 1 aliphatic heterocycles. The normalized spacial score (nSPS) is 20.4. The lowest BCUT2D eigenvalue weighted by atomic mass is 9.95. The lowest BCUT2D eigenvalue weighted by molar-refractivity contribution is 0.0846. The van der Waals surface area contributed by atoms with Crippen LogP contribution in [0.4, 0.5) is 0 Å². The monoisotopic (exact) mass is 312 g/mol. The van der Waals surface area contributed by atoms with Gasteiger partial charge in [0.1, 0.15) is 0 Å². The highest BCUT2D eigenvalue weighted by Crippen LogP contribution is 2.33. The Morgan fingerprint density at radius 2 is 2.04 bits per heavy atom. The van der Waals surface area contributed by atoms with E-state index in [9.17, 15) is 9.59 Å². The average molecular weight is 312 g/mol. The van der Waals surface area contributed by atoms with E-state index in [0.717, 1.165) is 12.0 Å². The van der Waals surface area contributed by atoms with Crippen molar-refractivity contribution in [2.75, 3.05) is 13.2 Å². The molecular weight excluding hydrogens is 292 g/mol. The van der Waals surface area contributed by atoms with Gasteiger partial charge in [-0.25, -0.2) is 0 Å². The topological polar surface area (TPSA) is 71.2 Å². The summed E-state index contributed by atoms with van der Waals surface area (Å²) in [5, 5.41) is 2.96. The zero-order chi connectivity index (χ0) is 16.2. The molecule has 1 aromatic carbocycles. The molecule has 2 heterocycles. The van der Waals surface area contributed by atoms with E-state index in [1.54, 1.807) is 13.0 Å². The van der Waals surface area contributed by atoms with Crippen LogP contribution in [0.1, 0.15) is 34.1 Å². The van der Waals surface area contributed by atoms with Gasteiger partial charge in [-0.15, -0.1) is 0 Å². The number of ether oxygens (including phenoxy) is 1. The molecule has 2 N–H and O–H groups in total. The zero-order valence-electron chi connectivity index (χ0n) is 13.0. The van der Waals surface area contributed by atoms with Crippen molar-refractivity contribution in [1.29, 1.82) is 0 Å². The zero-order valence-corrected chi connectivity index (χ0v) is 13.0. The van der Waals surface area contributed by atoms with Crippen molar-refractivity contribution in [3.63, 3.8) is 0 Å². The van der Waals surface area contributed by atoms with Crippen molar-refractivity contribution in [2.24, 2.45) is 5.92 Å². The first-order valence-electron chi connectivity index (χ1n) is 7.80. The Balaban J connectivity index is 1.65. The average Bonchev–Trinajstić information content (AvgIpc) is 3.02. The fourth-order valence-corrected chi connectivity index (χ4v) is 3.00. The van der Waals surface area contributed by atoms with Crippen molar-refractivity contribution in [2.45, 2.75) is 19.4 Å². The standard InChI is InChI=1S/C18H20N2O3/c1-12-15(7-8-16(21)20-12)18(22)19-11-14-9-10-23-17(14)13-5-3-2-4-6-13/h2-8,14,17H,9-11H2,1H3,(H,19,22)(H,20,21)/t14-,17-/m0/s1. The molecule has 2 atom stereocenters. The van der Waals surface area contributed by atoms with Crippen LogP contribution in [0.25, 0.3) is 0 Å². The third kappa shape index (κ3) is 3.51. The minimum absolute atomic E-state index is 0.0215. The minimum Gasteiger partial charge on any atom is -0.373 e. The summed E-state index contributed by atoms with van der Waals surface area (Å²) >= 11 is 0. The Morgan fingerprint density at radius 1 is 1.26 bits per heavy atom. The number of aryl methyl sites for hydroxylation is 1. The van der Waals surface area contributed by atoms with Crippen LogP contribution >= 0.6 is 0 Å². The predicted octanol–water partition coefficient (Wildman–Crippen LogP) is 2.19. The number of pyridine rings is 1. The van der Waals surface area contributed by atoms with Crippen LogP contribution in [-0.4, -0.2) is 24.0 Å². The number of carbonyl (C=O) groups excluding carboxylic acids is 1. The number of aromatic nitrogens is 1. The maximum absolute atomic E-state index is 12.3. The lowest BCUT2D eigenvalue weighted by Crippen LogP contribution is -2.31. The van der Waals surface area contributed by atoms with E-state index in [2.05, 4.69) is 22.4 Å². The van der Waals surface area contributed by atoms with Gasteiger partial charge in [-0.05, 0) is 25.0 Å². The van der Waals surface area contributed by atoms with Gasteiger partial charge in [0, 0.05) is 30.8 Å². The Bertz CT molecular complexity index is 739. The molecule has 1 aromatic heterocycles. The van der Waals surface area contributed by atoms with Crippen molar-refractivity contribution in [3.8, 4) is 0 Å². The van der Waals surface area contributed by atoms with Gasteiger partial charge in [-0.1, -0.05) is 30.3 Å². The fourth-order valence-electron chi connectivity index (χ4n) is 3.00. The largest absolute Gasteiger partial charge is 0.373 e. The Kier molecular flexibility index (Phi) is 4.57. The molecule has 0 unspecified atom stereocenters. The molecule has 3 rings (SSSR count). The summed E-state index contributed by atoms with van der Waals surface area (Å²) in [6.07, 6.45) is 0.943. The van der Waals surface area contributed by atoms with Gasteiger partial charge in [-0.2, -0.15) is 0 Å². The third-order valence-electron chi connectivity index (χ3n) is 4.23. The molecule has 0 saturated carbocycles. The van der Waals surface area contributed by atoms with E-state index in [-0.39, 0.29) is 23.5 Å². The molecule has 120 valence electrons. The number of rotatable bonds is 4. The highest BCUT2D eigenvalue weighted by molar-refractivity contribution is 5.95. The van der Waals surface area contributed by atoms with Gasteiger partial charge in [0.2, 0.25) is 5.56 Å². The van der Waals surface area contributed by atoms with Crippen LogP contribution in [0.5, 0.6) is 0 Å². The van der Waals surface area contributed by atoms with E-state index in [1.165, 1.54) is 6.07 Å². The number of benzene rings is 1. The maximum atomic E-state index is 12.3. The number of hydrogen-bond acceptors (Lipinski definition) is 3. The van der Waals surface area contributed by atoms with Crippen LogP contribution < -0.4 is 10.9 Å². The number of amides is 1. The summed E-state index contributed by atoms with van der Waals surface area (Å²) in [7, 11) is 0. The summed E-state index contributed by atoms with van der Waals surface area (Å²) in [5.41, 5.74) is 2.02. The molecule has 0 bridgehead atoms. The molecule has 23 heavy (non-hydrogen) atoms. The van der Waals surface area contributed by atoms with E-state index in [1.807, 2.05) is 18.2 Å². The molecular formula is C18H20N2O3. The van der Waals surface area contributed by atoms with Crippen molar-refractivity contribution < 1.29 is 9.53 Å². The number of hydrogen-bond donors (Lipinski definition) is 2. The quantitative estimate of drug-likeness (QED) is 0.909. The molecule has 1 aliphatic rings. The van der Waals surface area contributed by atoms with Crippen LogP contribution in [0.3, 0.4) is 0 Å². The molecule has 0 spiro atoms. The second-order valence-corrected chi connectivity index (χ2v) is 5.82. The summed E-state index contributed by atoms with van der Waals surface area (Å²) in [6.45, 7) is 2.98. The van der Waals surface area contributed by atoms with E-state index >= 15 is 0 Å². The second-order valence-electron chi connectivity index (χ2n) is 5.82. The summed E-state index contributed by atoms with van der Waals surface area (Å²) in [6, 6.07) is 13.0. The Hall–Kier alpha value is -2.40. The third-order valence-corrected chi connectivity index (χ3v) is 4.23. The number of carbonyl (C=O) groups is 1. The first-order chi connectivity index (χ1) is 11.1. The SMILES string of the molecule is Cc1[nH]c(=O)ccc1C(=O)NC[C@@H]1CCO[C@H]1c1ccccc1. The van der Waals surface area contributed by atoms with Gasteiger partial charge in [-0.3, -0.25) is 9.59 Å². The molecule has 0 radical (unpaired) electrons. The first kappa shape index (κ1) is 15.5. The summed E-state index contributed by atoms with van der Waals surface area (Å²) in [4.78, 5) is 26.2. The van der Waals surface area contributed by atoms with Gasteiger partial charge in [0.15, 0.2) is 0 Å². The summed E-state index contributed by atoms with van der Waals surface area (Å²) < 4.78 is 5.83. The Labute approximate surface area is 134 Å². The molecule has 5 nitrogen and oxygen atoms in total. The smallest absolute Gasteiger partial charge is 0.253 e. The molecule has 5 heteroatoms. The van der Waals surface area contributed by atoms with Crippen molar-refractivity contribution in [1.82, 2.24) is 10.3 Å². The van der Waals surface area contributed by atoms with Crippen LogP contribution in [-0.2, 0) is 4.74 Å². The number of aromatic amines is 1. The maximum Gasteiger partial charge on any atom is 0.253 e. The number of H-pyrrole nitrogens is 1. The van der Waals surface area contributed by atoms with Crippen molar-refractivity contribution in [3.05, 3.63) is 69.6 Å². The lowest BCUT2D eigenvalue weighted by Gasteiger charge is -2.19. The highest BCUT2D eigenvalue weighted by Gasteiger charge is 2.29. The second kappa shape index (κ2) is 6.79. The van der Waals surface area contributed by atoms with E-state index in [4.69, 9.17) is 4.74 Å². The molecule has 2 aromatic rings. The first-order valence-corrected chi connectivity index (χ1v) is 7.80. The van der Waals surface area contributed by atoms with Crippen molar-refractivity contribution >= 4 is 5.91 Å². The number of nitrogens with one attached hydrogen (secondary N) is 2. The Morgan fingerprint density at radius 3 is 2.78 bits per heavy atom. The van der Waals surface area contributed by atoms with Gasteiger partial charge in [0.25, 0.3) is 5.91 Å². The van der Waals surface area contributed by atoms with Gasteiger partial charge < -0.3 is 15.0 Å². The van der Waals surface area contributed by atoms with Gasteiger partial charge >= 0.3 is 0 Å². The van der Waals surface area contributed by atoms with Crippen LogP contribution in [0, 0.1) is 12.8 Å².